The Morgan fingerprint density at radius 1 is 1.53 bits per heavy atom. The van der Waals surface area contributed by atoms with E-state index in [-0.39, 0.29) is 11.0 Å². The number of halogens is 1. The Kier molecular flexibility index (Phi) is 5.18. The average Bonchev–Trinajstić information content (AvgIpc) is 2.25. The van der Waals surface area contributed by atoms with E-state index in [1.165, 1.54) is 0 Å². The van der Waals surface area contributed by atoms with Crippen molar-refractivity contribution in [3.63, 3.8) is 0 Å². The summed E-state index contributed by atoms with van der Waals surface area (Å²) < 4.78 is 0. The van der Waals surface area contributed by atoms with Gasteiger partial charge in [-0.25, -0.2) is 0 Å². The number of hydrogen-bond donors (Lipinski definition) is 3. The summed E-state index contributed by atoms with van der Waals surface area (Å²) in [4.78, 5) is 11.7. The summed E-state index contributed by atoms with van der Waals surface area (Å²) in [7, 11) is 0. The third-order valence-electron chi connectivity index (χ3n) is 2.02. The molecule has 17 heavy (non-hydrogen) atoms. The predicted octanol–water partition coefficient (Wildman–Crippen LogP) is 2.14. The molecule has 0 heterocycles. The summed E-state index contributed by atoms with van der Waals surface area (Å²) in [5.74, 6) is -0.182. The van der Waals surface area contributed by atoms with Gasteiger partial charge in [-0.05, 0) is 36.8 Å². The summed E-state index contributed by atoms with van der Waals surface area (Å²) in [5.41, 5.74) is 6.44. The van der Waals surface area contributed by atoms with Gasteiger partial charge in [-0.2, -0.15) is 0 Å². The van der Waals surface area contributed by atoms with E-state index in [9.17, 15) is 4.79 Å². The number of carbonyl (C=O) groups is 1. The number of hydrogen-bond acceptors (Lipinski definition) is 2. The molecule has 4 N–H and O–H groups in total. The van der Waals surface area contributed by atoms with E-state index in [1.807, 2.05) is 6.92 Å². The Bertz CT molecular complexity index is 437. The van der Waals surface area contributed by atoms with Crippen LogP contribution in [0, 0.1) is 0 Å². The van der Waals surface area contributed by atoms with E-state index < -0.39 is 0 Å². The van der Waals surface area contributed by atoms with Gasteiger partial charge in [0.1, 0.15) is 0 Å². The van der Waals surface area contributed by atoms with Crippen molar-refractivity contribution >= 4 is 40.5 Å². The van der Waals surface area contributed by atoms with Gasteiger partial charge in [-0.1, -0.05) is 18.5 Å². The first-order valence-corrected chi connectivity index (χ1v) is 5.97. The van der Waals surface area contributed by atoms with Crippen molar-refractivity contribution in [2.75, 3.05) is 11.9 Å². The Labute approximate surface area is 111 Å². The second-order valence-electron chi connectivity index (χ2n) is 3.44. The maximum absolute atomic E-state index is 11.7. The fourth-order valence-corrected chi connectivity index (χ4v) is 1.64. The molecule has 1 aromatic carbocycles. The first kappa shape index (κ1) is 13.7. The largest absolute Gasteiger partial charge is 0.376 e. The molecule has 0 saturated carbocycles. The summed E-state index contributed by atoms with van der Waals surface area (Å²) >= 11 is 10.7. The molecule has 0 aliphatic carbocycles. The van der Waals surface area contributed by atoms with Crippen LogP contribution in [0.5, 0.6) is 0 Å². The SMILES string of the molecule is CCCNC(=O)c1ccc(NC(N)=S)cc1Cl. The maximum atomic E-state index is 11.7. The van der Waals surface area contributed by atoms with Crippen LogP contribution in [0.3, 0.4) is 0 Å². The molecule has 1 rings (SSSR count). The summed E-state index contributed by atoms with van der Waals surface area (Å²) in [6.45, 7) is 2.61. The number of carbonyl (C=O) groups excluding carboxylic acids is 1. The van der Waals surface area contributed by atoms with Crippen LogP contribution in [0.1, 0.15) is 23.7 Å². The number of amides is 1. The zero-order valence-corrected chi connectivity index (χ0v) is 11.0. The van der Waals surface area contributed by atoms with Gasteiger partial charge < -0.3 is 16.4 Å². The predicted molar refractivity (Wildman–Crippen MR) is 74.5 cm³/mol. The Hall–Kier alpha value is -1.33. The minimum absolute atomic E-state index is 0.157. The lowest BCUT2D eigenvalue weighted by atomic mass is 10.2. The third-order valence-corrected chi connectivity index (χ3v) is 2.43. The summed E-state index contributed by atoms with van der Waals surface area (Å²) in [6, 6.07) is 4.95. The van der Waals surface area contributed by atoms with Crippen molar-refractivity contribution < 1.29 is 4.79 Å². The highest BCUT2D eigenvalue weighted by Gasteiger charge is 2.10. The van der Waals surface area contributed by atoms with Crippen LogP contribution in [0.2, 0.25) is 5.02 Å². The van der Waals surface area contributed by atoms with E-state index in [4.69, 9.17) is 29.6 Å². The zero-order valence-electron chi connectivity index (χ0n) is 9.42. The lowest BCUT2D eigenvalue weighted by Crippen LogP contribution is -2.24. The van der Waals surface area contributed by atoms with Gasteiger partial charge >= 0.3 is 0 Å². The van der Waals surface area contributed by atoms with Crippen molar-refractivity contribution in [3.05, 3.63) is 28.8 Å². The smallest absolute Gasteiger partial charge is 0.252 e. The molecule has 0 aliphatic heterocycles. The third kappa shape index (κ3) is 4.20. The minimum atomic E-state index is -0.182. The highest BCUT2D eigenvalue weighted by molar-refractivity contribution is 7.80. The number of benzene rings is 1. The first-order valence-electron chi connectivity index (χ1n) is 5.18. The van der Waals surface area contributed by atoms with Crippen molar-refractivity contribution in [1.29, 1.82) is 0 Å². The molecule has 0 aromatic heterocycles. The van der Waals surface area contributed by atoms with Crippen molar-refractivity contribution in [2.45, 2.75) is 13.3 Å². The molecule has 0 saturated heterocycles. The highest BCUT2D eigenvalue weighted by Crippen LogP contribution is 2.20. The van der Waals surface area contributed by atoms with Crippen LogP contribution < -0.4 is 16.4 Å². The first-order chi connectivity index (χ1) is 8.04. The van der Waals surface area contributed by atoms with Gasteiger partial charge in [0.15, 0.2) is 5.11 Å². The summed E-state index contributed by atoms with van der Waals surface area (Å²) in [6.07, 6.45) is 0.879. The fourth-order valence-electron chi connectivity index (χ4n) is 1.25. The van der Waals surface area contributed by atoms with Crippen LogP contribution in [-0.2, 0) is 0 Å². The Balaban J connectivity index is 2.82. The number of nitrogens with one attached hydrogen (secondary N) is 2. The molecule has 0 radical (unpaired) electrons. The van der Waals surface area contributed by atoms with Crippen molar-refractivity contribution in [3.8, 4) is 0 Å². The maximum Gasteiger partial charge on any atom is 0.252 e. The van der Waals surface area contributed by atoms with Crippen LogP contribution >= 0.6 is 23.8 Å². The standard InChI is InChI=1S/C11H14ClN3OS/c1-2-5-14-10(16)8-4-3-7(6-9(8)12)15-11(13)17/h3-4,6H,2,5H2,1H3,(H,14,16)(H3,13,15,17). The second-order valence-corrected chi connectivity index (χ2v) is 4.29. The number of thiocarbonyl (C=S) groups is 1. The molecule has 0 aliphatic rings. The lowest BCUT2D eigenvalue weighted by Gasteiger charge is -2.08. The Morgan fingerprint density at radius 3 is 2.76 bits per heavy atom. The van der Waals surface area contributed by atoms with Crippen LogP contribution in [-0.4, -0.2) is 17.6 Å². The van der Waals surface area contributed by atoms with Gasteiger partial charge in [-0.3, -0.25) is 4.79 Å². The van der Waals surface area contributed by atoms with Crippen LogP contribution in [0.25, 0.3) is 0 Å². The van der Waals surface area contributed by atoms with E-state index in [2.05, 4.69) is 10.6 Å². The number of rotatable bonds is 4. The van der Waals surface area contributed by atoms with E-state index in [0.29, 0.717) is 22.8 Å². The topological polar surface area (TPSA) is 67.2 Å². The fraction of sp³-hybridized carbons (Fsp3) is 0.273. The van der Waals surface area contributed by atoms with Gasteiger partial charge in [-0.15, -0.1) is 0 Å². The summed E-state index contributed by atoms with van der Waals surface area (Å²) in [5, 5.41) is 6.02. The molecular formula is C11H14ClN3OS. The molecule has 6 heteroatoms. The van der Waals surface area contributed by atoms with Crippen LogP contribution in [0.4, 0.5) is 5.69 Å². The molecule has 4 nitrogen and oxygen atoms in total. The molecule has 0 fully saturated rings. The van der Waals surface area contributed by atoms with Crippen molar-refractivity contribution in [1.82, 2.24) is 5.32 Å². The van der Waals surface area contributed by atoms with Gasteiger partial charge in [0.05, 0.1) is 10.6 Å². The van der Waals surface area contributed by atoms with Gasteiger partial charge in [0, 0.05) is 12.2 Å². The molecule has 92 valence electrons. The molecule has 0 unspecified atom stereocenters. The molecule has 0 spiro atoms. The highest BCUT2D eigenvalue weighted by atomic mass is 35.5. The van der Waals surface area contributed by atoms with Crippen LogP contribution in [0.15, 0.2) is 18.2 Å². The molecule has 1 amide bonds. The lowest BCUT2D eigenvalue weighted by molar-refractivity contribution is 0.0954. The average molecular weight is 272 g/mol. The number of nitrogens with two attached hydrogens (primary N) is 1. The Morgan fingerprint density at radius 2 is 2.24 bits per heavy atom. The van der Waals surface area contributed by atoms with E-state index >= 15 is 0 Å². The molecule has 0 atom stereocenters. The normalized spacial score (nSPS) is 9.76. The van der Waals surface area contributed by atoms with Crippen molar-refractivity contribution in [2.24, 2.45) is 5.73 Å². The minimum Gasteiger partial charge on any atom is -0.376 e. The van der Waals surface area contributed by atoms with E-state index in [0.717, 1.165) is 6.42 Å². The van der Waals surface area contributed by atoms with E-state index in [1.54, 1.807) is 18.2 Å². The quantitative estimate of drug-likeness (QED) is 0.734. The number of anilines is 1. The zero-order chi connectivity index (χ0) is 12.8. The molecule has 0 bridgehead atoms. The van der Waals surface area contributed by atoms with Gasteiger partial charge in [0.2, 0.25) is 0 Å². The second kappa shape index (κ2) is 6.42. The molecular weight excluding hydrogens is 258 g/mol. The van der Waals surface area contributed by atoms with Gasteiger partial charge in [0.25, 0.3) is 5.91 Å². The molecule has 1 aromatic rings. The monoisotopic (exact) mass is 271 g/mol.